The normalized spacial score (nSPS) is 15.8. The van der Waals surface area contributed by atoms with Crippen LogP contribution in [0.5, 0.6) is 0 Å². The van der Waals surface area contributed by atoms with E-state index in [1.807, 2.05) is 10.3 Å². The minimum Gasteiger partial charge on any atom is -0.375 e. The molecule has 1 aromatic heterocycles. The number of anilines is 1. The van der Waals surface area contributed by atoms with E-state index in [-0.39, 0.29) is 5.54 Å². The highest BCUT2D eigenvalue weighted by Crippen LogP contribution is 2.49. The fourth-order valence-corrected chi connectivity index (χ4v) is 5.91. The number of hydrogen-bond acceptors (Lipinski definition) is 4. The average molecular weight is 293 g/mol. The Labute approximate surface area is 120 Å². The molecule has 0 saturated carbocycles. The lowest BCUT2D eigenvalue weighted by atomic mass is 9.87. The molecule has 1 aromatic carbocycles. The minimum atomic E-state index is -0.0270. The Morgan fingerprint density at radius 1 is 1.11 bits per heavy atom. The highest BCUT2D eigenvalue weighted by atomic mass is 32.9. The summed E-state index contributed by atoms with van der Waals surface area (Å²) in [5, 5.41) is 3.66. The molecule has 0 radical (unpaired) electrons. The molecule has 1 aliphatic rings. The van der Waals surface area contributed by atoms with Crippen LogP contribution in [0, 0.1) is 17.7 Å². The molecule has 3 rings (SSSR count). The quantitative estimate of drug-likeness (QED) is 0.509. The zero-order valence-corrected chi connectivity index (χ0v) is 13.3. The molecule has 0 amide bonds. The van der Waals surface area contributed by atoms with Crippen molar-refractivity contribution in [3.05, 3.63) is 32.0 Å². The van der Waals surface area contributed by atoms with Gasteiger partial charge in [0.25, 0.3) is 0 Å². The average Bonchev–Trinajstić information content (AvgIpc) is 2.59. The maximum atomic E-state index is 5.54. The molecule has 2 aromatic rings. The van der Waals surface area contributed by atoms with Crippen LogP contribution in [0.25, 0.3) is 11.1 Å². The lowest BCUT2D eigenvalue weighted by Crippen LogP contribution is -2.30. The Balaban J connectivity index is 2.43. The van der Waals surface area contributed by atoms with Gasteiger partial charge < -0.3 is 5.32 Å². The van der Waals surface area contributed by atoms with Crippen LogP contribution in [0.4, 0.5) is 5.69 Å². The Bertz CT molecular complexity index is 692. The van der Waals surface area contributed by atoms with E-state index in [1.165, 1.54) is 32.8 Å². The van der Waals surface area contributed by atoms with Crippen LogP contribution >= 0.6 is 32.9 Å². The molecule has 0 fully saturated rings. The van der Waals surface area contributed by atoms with Gasteiger partial charge in [0.05, 0.1) is 10.4 Å². The summed E-state index contributed by atoms with van der Waals surface area (Å²) in [6.07, 6.45) is 0. The van der Waals surface area contributed by atoms with Crippen LogP contribution in [0.15, 0.2) is 12.1 Å². The third kappa shape index (κ3) is 1.67. The van der Waals surface area contributed by atoms with Crippen LogP contribution < -0.4 is 5.32 Å². The molecule has 4 heteroatoms. The molecule has 0 atom stereocenters. The number of rotatable bonds is 0. The summed E-state index contributed by atoms with van der Waals surface area (Å²) in [6, 6.07) is 4.46. The zero-order chi connectivity index (χ0) is 13.1. The van der Waals surface area contributed by atoms with E-state index in [2.05, 4.69) is 45.1 Å². The summed E-state index contributed by atoms with van der Waals surface area (Å²) in [5.74, 6) is 0. The fourth-order valence-electron chi connectivity index (χ4n) is 2.68. The lowest BCUT2D eigenvalue weighted by molar-refractivity contribution is 0.619. The molecule has 18 heavy (non-hydrogen) atoms. The van der Waals surface area contributed by atoms with E-state index in [1.54, 1.807) is 10.3 Å². The molecule has 2 heterocycles. The van der Waals surface area contributed by atoms with Crippen molar-refractivity contribution >= 4 is 38.6 Å². The maximum Gasteiger partial charge on any atom is 0.110 e. The molecule has 0 saturated heterocycles. The second-order valence-electron chi connectivity index (χ2n) is 5.41. The number of fused-ring (bicyclic) bond motifs is 3. The first-order chi connectivity index (χ1) is 8.40. The Morgan fingerprint density at radius 2 is 1.83 bits per heavy atom. The number of benzene rings is 1. The molecule has 0 spiro atoms. The first kappa shape index (κ1) is 12.3. The van der Waals surface area contributed by atoms with Gasteiger partial charge >= 0.3 is 0 Å². The molecular weight excluding hydrogens is 278 g/mol. The topological polar surface area (TPSA) is 12.0 Å². The van der Waals surface area contributed by atoms with Crippen molar-refractivity contribution in [3.8, 4) is 11.1 Å². The van der Waals surface area contributed by atoms with Gasteiger partial charge in [0, 0.05) is 16.8 Å². The van der Waals surface area contributed by atoms with Crippen LogP contribution in [0.2, 0.25) is 0 Å². The van der Waals surface area contributed by atoms with Crippen LogP contribution in [-0.4, -0.2) is 0 Å². The standard InChI is InChI=1S/C14H15NS3/c1-7-5-8(2)10-9(6-7)15-14(3,4)12-11(10)13(16)18-17-12/h5-6,15H,1-4H3. The van der Waals surface area contributed by atoms with E-state index < -0.39 is 0 Å². The molecule has 1 N–H and O–H groups in total. The van der Waals surface area contributed by atoms with Crippen LogP contribution in [-0.2, 0) is 5.54 Å². The molecule has 1 aliphatic heterocycles. The second kappa shape index (κ2) is 3.89. The maximum absolute atomic E-state index is 5.54. The number of aryl methyl sites for hydroxylation is 2. The summed E-state index contributed by atoms with van der Waals surface area (Å²) in [4.78, 5) is 1.37. The van der Waals surface area contributed by atoms with E-state index in [4.69, 9.17) is 12.2 Å². The van der Waals surface area contributed by atoms with Gasteiger partial charge in [-0.3, -0.25) is 0 Å². The third-order valence-corrected chi connectivity index (χ3v) is 6.72. The van der Waals surface area contributed by atoms with Gasteiger partial charge in [-0.05, 0) is 44.9 Å². The van der Waals surface area contributed by atoms with Crippen LogP contribution in [0.3, 0.4) is 0 Å². The van der Waals surface area contributed by atoms with Crippen molar-refractivity contribution < 1.29 is 0 Å². The third-order valence-electron chi connectivity index (χ3n) is 3.38. The van der Waals surface area contributed by atoms with Gasteiger partial charge in [-0.2, -0.15) is 0 Å². The Kier molecular flexibility index (Phi) is 2.66. The summed E-state index contributed by atoms with van der Waals surface area (Å²) in [5.41, 5.74) is 6.39. The Hall–Kier alpha value is -0.710. The summed E-state index contributed by atoms with van der Waals surface area (Å²) in [7, 11) is 3.53. The first-order valence-corrected chi connectivity index (χ1v) is 8.49. The smallest absolute Gasteiger partial charge is 0.110 e. The molecular formula is C14H15NS3. The summed E-state index contributed by atoms with van der Waals surface area (Å²) < 4.78 is 1.03. The predicted molar refractivity (Wildman–Crippen MR) is 84.6 cm³/mol. The van der Waals surface area contributed by atoms with E-state index >= 15 is 0 Å². The fraction of sp³-hybridized carbons (Fsp3) is 0.357. The molecule has 0 bridgehead atoms. The van der Waals surface area contributed by atoms with Crippen LogP contribution in [0.1, 0.15) is 29.9 Å². The summed E-state index contributed by atoms with van der Waals surface area (Å²) >= 11 is 5.54. The van der Waals surface area contributed by atoms with Gasteiger partial charge in [0.15, 0.2) is 0 Å². The van der Waals surface area contributed by atoms with Gasteiger partial charge in [-0.15, -0.1) is 0 Å². The second-order valence-corrected chi connectivity index (χ2v) is 8.23. The number of nitrogens with one attached hydrogen (secondary N) is 1. The first-order valence-electron chi connectivity index (χ1n) is 5.93. The number of hydrogen-bond donors (Lipinski definition) is 1. The van der Waals surface area contributed by atoms with Gasteiger partial charge in [0.2, 0.25) is 0 Å². The van der Waals surface area contributed by atoms with Gasteiger partial charge in [0.1, 0.15) is 3.82 Å². The molecule has 1 nitrogen and oxygen atoms in total. The SMILES string of the molecule is Cc1cc(C)c2c(c1)NC(C)(C)c1ssc(=S)c1-2. The summed E-state index contributed by atoms with van der Waals surface area (Å²) in [6.45, 7) is 8.77. The van der Waals surface area contributed by atoms with Crippen molar-refractivity contribution in [3.63, 3.8) is 0 Å². The monoisotopic (exact) mass is 293 g/mol. The van der Waals surface area contributed by atoms with E-state index in [0.717, 1.165) is 3.82 Å². The lowest BCUT2D eigenvalue weighted by Gasteiger charge is -2.34. The van der Waals surface area contributed by atoms with Crippen molar-refractivity contribution in [2.24, 2.45) is 0 Å². The predicted octanol–water partition coefficient (Wildman–Crippen LogP) is 5.48. The van der Waals surface area contributed by atoms with Gasteiger partial charge in [-0.25, -0.2) is 0 Å². The van der Waals surface area contributed by atoms with Gasteiger partial charge in [-0.1, -0.05) is 39.0 Å². The van der Waals surface area contributed by atoms with Crippen molar-refractivity contribution in [1.29, 1.82) is 0 Å². The molecule has 94 valence electrons. The van der Waals surface area contributed by atoms with E-state index in [9.17, 15) is 0 Å². The van der Waals surface area contributed by atoms with Crippen molar-refractivity contribution in [2.45, 2.75) is 33.2 Å². The highest BCUT2D eigenvalue weighted by Gasteiger charge is 2.33. The zero-order valence-electron chi connectivity index (χ0n) is 10.9. The largest absolute Gasteiger partial charge is 0.375 e. The van der Waals surface area contributed by atoms with Crippen molar-refractivity contribution in [1.82, 2.24) is 0 Å². The molecule has 0 unspecified atom stereocenters. The van der Waals surface area contributed by atoms with E-state index in [0.29, 0.717) is 0 Å². The Morgan fingerprint density at radius 3 is 2.56 bits per heavy atom. The van der Waals surface area contributed by atoms with Crippen molar-refractivity contribution in [2.75, 3.05) is 5.32 Å². The highest BCUT2D eigenvalue weighted by molar-refractivity contribution is 7.80. The minimum absolute atomic E-state index is 0.0270. The molecule has 0 aliphatic carbocycles.